The Kier molecular flexibility index (Phi) is 4.66. The number of hydrogen-bond donors (Lipinski definition) is 2. The second-order valence-electron chi connectivity index (χ2n) is 5.86. The number of nitrogens with one attached hydrogen (secondary N) is 2. The average molecular weight is 443 g/mol. The van der Waals surface area contributed by atoms with E-state index in [1.54, 1.807) is 42.7 Å². The number of fused-ring (bicyclic) bond motifs is 1. The van der Waals surface area contributed by atoms with Gasteiger partial charge in [0.25, 0.3) is 0 Å². The number of nitrogens with zero attached hydrogens (tertiary/aromatic N) is 2. The smallest absolute Gasteiger partial charge is 0.408 e. The van der Waals surface area contributed by atoms with Crippen LogP contribution in [0.2, 0.25) is 0 Å². The SMILES string of the molecule is O=C(/C=C/c1ccc(-n2cc(Br)cn2)c(F)c1)Nc1ccc2oc(=O)[nH]c2c1. The summed E-state index contributed by atoms with van der Waals surface area (Å²) in [6.07, 6.45) is 6.00. The number of carbonyl (C=O) groups excluding carboxylic acids is 1. The number of amides is 1. The van der Waals surface area contributed by atoms with Gasteiger partial charge in [0, 0.05) is 18.0 Å². The van der Waals surface area contributed by atoms with Crippen LogP contribution in [0.15, 0.2) is 68.6 Å². The van der Waals surface area contributed by atoms with Gasteiger partial charge in [0.15, 0.2) is 5.58 Å². The Morgan fingerprint density at radius 2 is 2.14 bits per heavy atom. The van der Waals surface area contributed by atoms with Crippen LogP contribution in [0.5, 0.6) is 0 Å². The summed E-state index contributed by atoms with van der Waals surface area (Å²) in [5.41, 5.74) is 2.20. The predicted molar refractivity (Wildman–Crippen MR) is 106 cm³/mol. The third kappa shape index (κ3) is 3.79. The van der Waals surface area contributed by atoms with Crippen molar-refractivity contribution >= 4 is 44.7 Å². The number of carbonyl (C=O) groups is 1. The summed E-state index contributed by atoms with van der Waals surface area (Å²) in [5, 5.41) is 6.71. The highest BCUT2D eigenvalue weighted by Crippen LogP contribution is 2.19. The lowest BCUT2D eigenvalue weighted by atomic mass is 10.2. The second kappa shape index (κ2) is 7.28. The van der Waals surface area contributed by atoms with E-state index in [0.29, 0.717) is 28.0 Å². The number of oxazole rings is 1. The molecule has 0 saturated heterocycles. The maximum atomic E-state index is 14.3. The van der Waals surface area contributed by atoms with Crippen LogP contribution < -0.4 is 11.1 Å². The molecule has 0 atom stereocenters. The van der Waals surface area contributed by atoms with Crippen LogP contribution in [0.1, 0.15) is 5.56 Å². The minimum Gasteiger partial charge on any atom is -0.408 e. The molecular formula is C19H12BrFN4O3. The lowest BCUT2D eigenvalue weighted by Gasteiger charge is -2.04. The minimum absolute atomic E-state index is 0.301. The molecule has 0 fully saturated rings. The average Bonchev–Trinajstić information content (AvgIpc) is 3.24. The summed E-state index contributed by atoms with van der Waals surface area (Å²) < 4.78 is 21.4. The first kappa shape index (κ1) is 17.9. The van der Waals surface area contributed by atoms with Crippen LogP contribution >= 0.6 is 15.9 Å². The second-order valence-corrected chi connectivity index (χ2v) is 6.78. The monoisotopic (exact) mass is 442 g/mol. The largest absolute Gasteiger partial charge is 0.417 e. The van der Waals surface area contributed by atoms with Crippen LogP contribution in [-0.4, -0.2) is 20.7 Å². The van der Waals surface area contributed by atoms with Crippen LogP contribution in [0.25, 0.3) is 22.9 Å². The van der Waals surface area contributed by atoms with Gasteiger partial charge in [-0.05, 0) is 57.9 Å². The van der Waals surface area contributed by atoms with Gasteiger partial charge >= 0.3 is 5.76 Å². The molecule has 4 aromatic rings. The standard InChI is InChI=1S/C19H12BrFN4O3/c20-12-9-22-25(10-12)16-4-1-11(7-14(16)21)2-6-18(26)23-13-3-5-17-15(8-13)24-19(27)28-17/h1-10H,(H,23,26)(H,24,27)/b6-2+. The van der Waals surface area contributed by atoms with Gasteiger partial charge in [-0.2, -0.15) is 5.10 Å². The third-order valence-corrected chi connectivity index (χ3v) is 4.29. The maximum absolute atomic E-state index is 14.3. The molecule has 4 rings (SSSR count). The molecule has 2 aromatic carbocycles. The number of anilines is 1. The molecule has 7 nitrogen and oxygen atoms in total. The third-order valence-electron chi connectivity index (χ3n) is 3.88. The van der Waals surface area contributed by atoms with E-state index >= 15 is 0 Å². The van der Waals surface area contributed by atoms with Gasteiger partial charge < -0.3 is 9.73 Å². The van der Waals surface area contributed by atoms with Crippen LogP contribution in [0.3, 0.4) is 0 Å². The molecule has 0 saturated carbocycles. The van der Waals surface area contributed by atoms with Gasteiger partial charge in [0.05, 0.1) is 16.2 Å². The number of aromatic amines is 1. The number of rotatable bonds is 4. The molecule has 2 heterocycles. The van der Waals surface area contributed by atoms with Crippen LogP contribution in [0, 0.1) is 5.82 Å². The Labute approximate surface area is 165 Å². The number of aromatic nitrogens is 3. The predicted octanol–water partition coefficient (Wildman–Crippen LogP) is 3.86. The summed E-state index contributed by atoms with van der Waals surface area (Å²) in [6.45, 7) is 0. The summed E-state index contributed by atoms with van der Waals surface area (Å²) in [5.74, 6) is -1.43. The molecule has 2 aromatic heterocycles. The zero-order valence-electron chi connectivity index (χ0n) is 14.1. The van der Waals surface area contributed by atoms with Crippen molar-refractivity contribution in [2.45, 2.75) is 0 Å². The summed E-state index contributed by atoms with van der Waals surface area (Å²) in [7, 11) is 0. The molecule has 0 spiro atoms. The molecule has 0 radical (unpaired) electrons. The van der Waals surface area contributed by atoms with Crippen molar-refractivity contribution in [3.8, 4) is 5.69 Å². The molecule has 0 bridgehead atoms. The van der Waals surface area contributed by atoms with Gasteiger partial charge in [-0.3, -0.25) is 9.78 Å². The molecule has 28 heavy (non-hydrogen) atoms. The molecule has 0 aliphatic heterocycles. The van der Waals surface area contributed by atoms with Crippen molar-refractivity contribution < 1.29 is 13.6 Å². The fraction of sp³-hybridized carbons (Fsp3) is 0. The van der Waals surface area contributed by atoms with Crippen molar-refractivity contribution in [2.75, 3.05) is 5.32 Å². The van der Waals surface area contributed by atoms with Crippen molar-refractivity contribution in [1.29, 1.82) is 0 Å². The highest BCUT2D eigenvalue weighted by Gasteiger charge is 2.07. The van der Waals surface area contributed by atoms with E-state index in [1.807, 2.05) is 0 Å². The zero-order valence-corrected chi connectivity index (χ0v) is 15.7. The summed E-state index contributed by atoms with van der Waals surface area (Å²) in [4.78, 5) is 25.8. The van der Waals surface area contributed by atoms with Crippen LogP contribution in [0.4, 0.5) is 10.1 Å². The van der Waals surface area contributed by atoms with E-state index < -0.39 is 17.5 Å². The Balaban J connectivity index is 1.47. The van der Waals surface area contributed by atoms with E-state index in [-0.39, 0.29) is 0 Å². The lowest BCUT2D eigenvalue weighted by Crippen LogP contribution is -2.07. The Morgan fingerprint density at radius 1 is 1.29 bits per heavy atom. The maximum Gasteiger partial charge on any atom is 0.417 e. The number of halogens is 2. The number of benzene rings is 2. The van der Waals surface area contributed by atoms with Crippen molar-refractivity contribution in [1.82, 2.24) is 14.8 Å². The Hall–Kier alpha value is -3.46. The molecule has 9 heteroatoms. The van der Waals surface area contributed by atoms with E-state index in [4.69, 9.17) is 4.42 Å². The number of H-pyrrole nitrogens is 1. The minimum atomic E-state index is -0.564. The normalized spacial score (nSPS) is 11.4. The van der Waals surface area contributed by atoms with Crippen molar-refractivity contribution in [3.05, 3.63) is 81.3 Å². The topological polar surface area (TPSA) is 92.9 Å². The van der Waals surface area contributed by atoms with Gasteiger partial charge in [-0.15, -0.1) is 0 Å². The molecule has 0 unspecified atom stereocenters. The van der Waals surface area contributed by atoms with Gasteiger partial charge in [0.2, 0.25) is 5.91 Å². The van der Waals surface area contributed by atoms with Crippen LogP contribution in [-0.2, 0) is 4.79 Å². The van der Waals surface area contributed by atoms with Gasteiger partial charge in [-0.25, -0.2) is 13.9 Å². The Bertz CT molecular complexity index is 1270. The molecule has 0 aliphatic rings. The van der Waals surface area contributed by atoms with E-state index in [9.17, 15) is 14.0 Å². The van der Waals surface area contributed by atoms with Gasteiger partial charge in [-0.1, -0.05) is 6.07 Å². The first-order valence-corrected chi connectivity index (χ1v) is 8.89. The highest BCUT2D eigenvalue weighted by atomic mass is 79.9. The fourth-order valence-electron chi connectivity index (χ4n) is 2.63. The first-order chi connectivity index (χ1) is 13.5. The zero-order chi connectivity index (χ0) is 19.7. The van der Waals surface area contributed by atoms with E-state index in [0.717, 1.165) is 4.47 Å². The van der Waals surface area contributed by atoms with Gasteiger partial charge in [0.1, 0.15) is 11.5 Å². The summed E-state index contributed by atoms with van der Waals surface area (Å²) >= 11 is 3.27. The molecular weight excluding hydrogens is 431 g/mol. The van der Waals surface area contributed by atoms with Crippen molar-refractivity contribution in [3.63, 3.8) is 0 Å². The molecule has 0 aliphatic carbocycles. The van der Waals surface area contributed by atoms with Crippen molar-refractivity contribution in [2.24, 2.45) is 0 Å². The molecule has 140 valence electrons. The number of hydrogen-bond acceptors (Lipinski definition) is 4. The first-order valence-electron chi connectivity index (χ1n) is 8.10. The van der Waals surface area contributed by atoms with E-state index in [1.165, 1.54) is 22.9 Å². The lowest BCUT2D eigenvalue weighted by molar-refractivity contribution is -0.111. The van der Waals surface area contributed by atoms with E-state index in [2.05, 4.69) is 31.3 Å². The summed E-state index contributed by atoms with van der Waals surface area (Å²) in [6, 6.07) is 9.35. The quantitative estimate of drug-likeness (QED) is 0.469. The Morgan fingerprint density at radius 3 is 2.89 bits per heavy atom. The fourth-order valence-corrected chi connectivity index (χ4v) is 2.92. The molecule has 2 N–H and O–H groups in total. The highest BCUT2D eigenvalue weighted by molar-refractivity contribution is 9.10. The molecule has 1 amide bonds.